The standard InChI is InChI=1S/C28H25N3O5S/c1-3-22(36-27(33)21-15-29-19-11-7-8-12-20(19)30-21)25(32)31-26-23(28(34)35-4-2)18-14-13-16-9-5-6-10-17(16)24(18)37-26/h5-12,15,22H,3-4,13-14H2,1-2H3,(H,31,32). The number of amides is 1. The number of para-hydroxylation sites is 2. The number of carbonyl (C=O) groups is 3. The van der Waals surface area contributed by atoms with Gasteiger partial charge in [0.05, 0.1) is 29.4 Å². The highest BCUT2D eigenvalue weighted by Crippen LogP contribution is 2.45. The zero-order valence-corrected chi connectivity index (χ0v) is 21.3. The highest BCUT2D eigenvalue weighted by Gasteiger charge is 2.31. The van der Waals surface area contributed by atoms with Gasteiger partial charge in [-0.2, -0.15) is 0 Å². The summed E-state index contributed by atoms with van der Waals surface area (Å²) >= 11 is 1.34. The van der Waals surface area contributed by atoms with Crippen LogP contribution >= 0.6 is 11.3 Å². The Labute approximate surface area is 217 Å². The normalized spacial score (nSPS) is 12.8. The lowest BCUT2D eigenvalue weighted by atomic mass is 9.89. The van der Waals surface area contributed by atoms with Crippen molar-refractivity contribution in [2.75, 3.05) is 11.9 Å². The number of thiophene rings is 1. The van der Waals surface area contributed by atoms with E-state index in [2.05, 4.69) is 21.4 Å². The molecule has 1 amide bonds. The molecule has 2 heterocycles. The van der Waals surface area contributed by atoms with Gasteiger partial charge in [-0.1, -0.05) is 43.3 Å². The van der Waals surface area contributed by atoms with Gasteiger partial charge in [0.15, 0.2) is 11.8 Å². The van der Waals surface area contributed by atoms with Gasteiger partial charge in [-0.05, 0) is 55.0 Å². The molecule has 4 aromatic rings. The third kappa shape index (κ3) is 4.82. The lowest BCUT2D eigenvalue weighted by Gasteiger charge is -2.17. The molecule has 1 aliphatic carbocycles. The molecule has 0 aliphatic heterocycles. The van der Waals surface area contributed by atoms with Crippen LogP contribution in [0.3, 0.4) is 0 Å². The van der Waals surface area contributed by atoms with Crippen molar-refractivity contribution in [3.63, 3.8) is 0 Å². The lowest BCUT2D eigenvalue weighted by molar-refractivity contribution is -0.124. The maximum atomic E-state index is 13.2. The van der Waals surface area contributed by atoms with E-state index < -0.39 is 23.9 Å². The first kappa shape index (κ1) is 24.6. The van der Waals surface area contributed by atoms with Crippen molar-refractivity contribution < 1.29 is 23.9 Å². The average molecular weight is 516 g/mol. The third-order valence-electron chi connectivity index (χ3n) is 6.20. The van der Waals surface area contributed by atoms with E-state index in [1.165, 1.54) is 23.1 Å². The van der Waals surface area contributed by atoms with Crippen LogP contribution < -0.4 is 5.32 Å². The molecule has 1 atom stereocenters. The SMILES string of the molecule is CCOC(=O)c1c(NC(=O)C(CC)OC(=O)c2cnc3ccccc3n2)sc2c1CCc1ccccc1-2. The molecular weight excluding hydrogens is 490 g/mol. The van der Waals surface area contributed by atoms with E-state index in [0.29, 0.717) is 28.0 Å². The first-order valence-corrected chi connectivity index (χ1v) is 13.0. The smallest absolute Gasteiger partial charge is 0.359 e. The van der Waals surface area contributed by atoms with Crippen LogP contribution in [0.4, 0.5) is 5.00 Å². The summed E-state index contributed by atoms with van der Waals surface area (Å²) in [5.74, 6) is -1.75. The molecule has 2 aromatic carbocycles. The zero-order chi connectivity index (χ0) is 25.9. The summed E-state index contributed by atoms with van der Waals surface area (Å²) in [7, 11) is 0. The Morgan fingerprint density at radius 1 is 1.00 bits per heavy atom. The molecule has 188 valence electrons. The van der Waals surface area contributed by atoms with Crippen molar-refractivity contribution >= 4 is 45.2 Å². The average Bonchev–Trinajstić information content (AvgIpc) is 3.29. The number of aromatic nitrogens is 2. The van der Waals surface area contributed by atoms with Crippen LogP contribution in [0.5, 0.6) is 0 Å². The number of nitrogens with one attached hydrogen (secondary N) is 1. The first-order valence-electron chi connectivity index (χ1n) is 12.1. The summed E-state index contributed by atoms with van der Waals surface area (Å²) in [6, 6.07) is 15.2. The number of ether oxygens (including phenoxy) is 2. The second-order valence-electron chi connectivity index (χ2n) is 8.53. The fraction of sp³-hybridized carbons (Fsp3) is 0.250. The Kier molecular flexibility index (Phi) is 6.96. The number of aryl methyl sites for hydroxylation is 1. The molecule has 1 N–H and O–H groups in total. The molecule has 0 radical (unpaired) electrons. The van der Waals surface area contributed by atoms with Crippen LogP contribution in [-0.2, 0) is 27.1 Å². The Bertz CT molecular complexity index is 1510. The highest BCUT2D eigenvalue weighted by molar-refractivity contribution is 7.20. The molecule has 0 spiro atoms. The van der Waals surface area contributed by atoms with Gasteiger partial charge < -0.3 is 14.8 Å². The summed E-state index contributed by atoms with van der Waals surface area (Å²) in [6.07, 6.45) is 1.95. The quantitative estimate of drug-likeness (QED) is 0.337. The van der Waals surface area contributed by atoms with E-state index >= 15 is 0 Å². The molecule has 0 fully saturated rings. The largest absolute Gasteiger partial charge is 0.462 e. The van der Waals surface area contributed by atoms with Crippen LogP contribution in [-0.4, -0.2) is 40.5 Å². The molecule has 0 bridgehead atoms. The zero-order valence-electron chi connectivity index (χ0n) is 20.4. The van der Waals surface area contributed by atoms with E-state index in [-0.39, 0.29) is 18.7 Å². The number of hydrogen-bond acceptors (Lipinski definition) is 8. The van der Waals surface area contributed by atoms with Gasteiger partial charge in [0, 0.05) is 4.88 Å². The Hall–Kier alpha value is -4.11. The number of rotatable bonds is 7. The number of benzene rings is 2. The highest BCUT2D eigenvalue weighted by atomic mass is 32.1. The molecule has 37 heavy (non-hydrogen) atoms. The third-order valence-corrected chi connectivity index (χ3v) is 7.38. The molecule has 5 rings (SSSR count). The fourth-order valence-electron chi connectivity index (χ4n) is 4.41. The van der Waals surface area contributed by atoms with Crippen LogP contribution in [0, 0.1) is 0 Å². The van der Waals surface area contributed by atoms with Crippen LogP contribution in [0.15, 0.2) is 54.7 Å². The van der Waals surface area contributed by atoms with Gasteiger partial charge in [0.25, 0.3) is 5.91 Å². The fourth-order valence-corrected chi connectivity index (χ4v) is 5.71. The number of anilines is 1. The van der Waals surface area contributed by atoms with Gasteiger partial charge >= 0.3 is 11.9 Å². The van der Waals surface area contributed by atoms with Gasteiger partial charge in [0.1, 0.15) is 5.00 Å². The van der Waals surface area contributed by atoms with Gasteiger partial charge in [-0.25, -0.2) is 14.6 Å². The number of nitrogens with zero attached hydrogens (tertiary/aromatic N) is 2. The van der Waals surface area contributed by atoms with E-state index in [9.17, 15) is 14.4 Å². The molecule has 9 heteroatoms. The number of fused-ring (bicyclic) bond motifs is 4. The molecular formula is C28H25N3O5S. The second-order valence-corrected chi connectivity index (χ2v) is 9.55. The minimum Gasteiger partial charge on any atom is -0.462 e. The number of esters is 2. The van der Waals surface area contributed by atoms with E-state index in [4.69, 9.17) is 9.47 Å². The van der Waals surface area contributed by atoms with Crippen molar-refractivity contribution in [1.29, 1.82) is 0 Å². The van der Waals surface area contributed by atoms with Crippen LogP contribution in [0.1, 0.15) is 52.2 Å². The Morgan fingerprint density at radius 3 is 2.54 bits per heavy atom. The second kappa shape index (κ2) is 10.5. The van der Waals surface area contributed by atoms with Crippen LogP contribution in [0.25, 0.3) is 21.5 Å². The van der Waals surface area contributed by atoms with Gasteiger partial charge in [-0.3, -0.25) is 9.78 Å². The summed E-state index contributed by atoms with van der Waals surface area (Å²) in [6.45, 7) is 3.70. The van der Waals surface area contributed by atoms with Gasteiger partial charge in [0.2, 0.25) is 0 Å². The van der Waals surface area contributed by atoms with Crippen molar-refractivity contribution in [3.8, 4) is 10.4 Å². The number of carbonyl (C=O) groups excluding carboxylic acids is 3. The van der Waals surface area contributed by atoms with E-state index in [1.807, 2.05) is 24.3 Å². The molecule has 1 unspecified atom stereocenters. The van der Waals surface area contributed by atoms with E-state index in [1.54, 1.807) is 32.0 Å². The predicted octanol–water partition coefficient (Wildman–Crippen LogP) is 5.21. The minimum absolute atomic E-state index is 0.0142. The van der Waals surface area contributed by atoms with E-state index in [0.717, 1.165) is 22.4 Å². The number of hydrogen-bond donors (Lipinski definition) is 1. The summed E-state index contributed by atoms with van der Waals surface area (Å²) in [4.78, 5) is 48.5. The summed E-state index contributed by atoms with van der Waals surface area (Å²) in [5.41, 5.74) is 4.70. The van der Waals surface area contributed by atoms with Crippen molar-refractivity contribution in [2.24, 2.45) is 0 Å². The topological polar surface area (TPSA) is 107 Å². The molecule has 8 nitrogen and oxygen atoms in total. The lowest BCUT2D eigenvalue weighted by Crippen LogP contribution is -2.32. The maximum absolute atomic E-state index is 13.2. The first-order chi connectivity index (χ1) is 18.0. The summed E-state index contributed by atoms with van der Waals surface area (Å²) < 4.78 is 10.8. The maximum Gasteiger partial charge on any atom is 0.359 e. The van der Waals surface area contributed by atoms with Crippen molar-refractivity contribution in [2.45, 2.75) is 39.2 Å². The monoisotopic (exact) mass is 515 g/mol. The minimum atomic E-state index is -1.08. The van der Waals surface area contributed by atoms with Gasteiger partial charge in [-0.15, -0.1) is 11.3 Å². The van der Waals surface area contributed by atoms with Crippen molar-refractivity contribution in [1.82, 2.24) is 9.97 Å². The molecule has 1 aliphatic rings. The Balaban J connectivity index is 1.41. The molecule has 0 saturated heterocycles. The molecule has 0 saturated carbocycles. The van der Waals surface area contributed by atoms with Crippen molar-refractivity contribution in [3.05, 3.63) is 77.1 Å². The summed E-state index contributed by atoms with van der Waals surface area (Å²) in [5, 5.41) is 3.23. The van der Waals surface area contributed by atoms with Crippen LogP contribution in [0.2, 0.25) is 0 Å². The predicted molar refractivity (Wildman–Crippen MR) is 141 cm³/mol. The Morgan fingerprint density at radius 2 is 1.76 bits per heavy atom. The molecule has 2 aromatic heterocycles.